The molecular formula is C11H16O4. The maximum absolute atomic E-state index is 11.0. The number of esters is 1. The van der Waals surface area contributed by atoms with Gasteiger partial charge in [-0.1, -0.05) is 12.8 Å². The smallest absolute Gasteiger partial charge is 0.333 e. The lowest BCUT2D eigenvalue weighted by Gasteiger charge is -2.19. The standard InChI is InChI=1S/C11H16O4/c1-6-9(13-3)8(2)10(14-4)7-11(12)15-5/h1,7-9H,2-5H3/b10-7+/t8-,9+/m1/s1. The predicted octanol–water partition coefficient (Wildman–Crippen LogP) is 0.974. The summed E-state index contributed by atoms with van der Waals surface area (Å²) in [6.45, 7) is 1.81. The molecule has 4 heteroatoms. The molecule has 0 fully saturated rings. The quantitative estimate of drug-likeness (QED) is 0.295. The summed E-state index contributed by atoms with van der Waals surface area (Å²) < 4.78 is 14.6. The maximum Gasteiger partial charge on any atom is 0.333 e. The third-order valence-electron chi connectivity index (χ3n) is 2.02. The summed E-state index contributed by atoms with van der Waals surface area (Å²) in [5.41, 5.74) is 0. The lowest BCUT2D eigenvalue weighted by Crippen LogP contribution is -2.21. The van der Waals surface area contributed by atoms with Crippen LogP contribution in [0.1, 0.15) is 6.92 Å². The molecule has 84 valence electrons. The summed E-state index contributed by atoms with van der Waals surface area (Å²) in [6.07, 6.45) is 6.09. The highest BCUT2D eigenvalue weighted by molar-refractivity contribution is 5.82. The van der Waals surface area contributed by atoms with Crippen LogP contribution >= 0.6 is 0 Å². The third-order valence-corrected chi connectivity index (χ3v) is 2.02. The minimum Gasteiger partial charge on any atom is -0.500 e. The number of carbonyl (C=O) groups excluding carboxylic acids is 1. The fourth-order valence-electron chi connectivity index (χ4n) is 1.12. The molecule has 0 aliphatic carbocycles. The van der Waals surface area contributed by atoms with E-state index in [1.165, 1.54) is 27.4 Å². The van der Waals surface area contributed by atoms with E-state index in [0.29, 0.717) is 5.76 Å². The van der Waals surface area contributed by atoms with Crippen LogP contribution in [0.25, 0.3) is 0 Å². The highest BCUT2D eigenvalue weighted by Crippen LogP contribution is 2.17. The zero-order valence-corrected chi connectivity index (χ0v) is 9.44. The van der Waals surface area contributed by atoms with E-state index < -0.39 is 12.1 Å². The van der Waals surface area contributed by atoms with Gasteiger partial charge in [0.15, 0.2) is 0 Å². The zero-order valence-electron chi connectivity index (χ0n) is 9.44. The van der Waals surface area contributed by atoms with Crippen LogP contribution in [0.15, 0.2) is 11.8 Å². The first-order valence-corrected chi connectivity index (χ1v) is 4.43. The average molecular weight is 212 g/mol. The summed E-state index contributed by atoms with van der Waals surface area (Å²) >= 11 is 0. The fourth-order valence-corrected chi connectivity index (χ4v) is 1.12. The molecular weight excluding hydrogens is 196 g/mol. The molecule has 0 heterocycles. The van der Waals surface area contributed by atoms with Gasteiger partial charge in [-0.2, -0.15) is 0 Å². The van der Waals surface area contributed by atoms with Crippen molar-refractivity contribution in [1.29, 1.82) is 0 Å². The van der Waals surface area contributed by atoms with Crippen LogP contribution in [-0.2, 0) is 19.0 Å². The van der Waals surface area contributed by atoms with Crippen molar-refractivity contribution in [3.05, 3.63) is 11.8 Å². The summed E-state index contributed by atoms with van der Waals surface area (Å²) in [5, 5.41) is 0. The molecule has 0 amide bonds. The number of terminal acetylenes is 1. The minimum absolute atomic E-state index is 0.205. The molecule has 4 nitrogen and oxygen atoms in total. The second-order valence-corrected chi connectivity index (χ2v) is 2.89. The first kappa shape index (κ1) is 13.5. The Bertz CT molecular complexity index is 275. The molecule has 0 aromatic heterocycles. The largest absolute Gasteiger partial charge is 0.500 e. The molecule has 0 radical (unpaired) electrons. The van der Waals surface area contributed by atoms with E-state index in [2.05, 4.69) is 10.7 Å². The van der Waals surface area contributed by atoms with Gasteiger partial charge in [-0.25, -0.2) is 4.79 Å². The van der Waals surface area contributed by atoms with Crippen molar-refractivity contribution in [3.8, 4) is 12.3 Å². The van der Waals surface area contributed by atoms with Gasteiger partial charge in [0, 0.05) is 7.11 Å². The second kappa shape index (κ2) is 6.91. The Hall–Kier alpha value is -1.47. The first-order chi connectivity index (χ1) is 7.10. The number of carbonyl (C=O) groups is 1. The Labute approximate surface area is 90.2 Å². The molecule has 0 aromatic carbocycles. The molecule has 15 heavy (non-hydrogen) atoms. The van der Waals surface area contributed by atoms with Gasteiger partial charge in [0.25, 0.3) is 0 Å². The predicted molar refractivity (Wildman–Crippen MR) is 55.9 cm³/mol. The van der Waals surface area contributed by atoms with E-state index in [9.17, 15) is 4.79 Å². The first-order valence-electron chi connectivity index (χ1n) is 4.43. The van der Waals surface area contributed by atoms with Gasteiger partial charge in [0.05, 0.1) is 26.2 Å². The average Bonchev–Trinajstić information content (AvgIpc) is 2.26. The summed E-state index contributed by atoms with van der Waals surface area (Å²) in [6, 6.07) is 0. The van der Waals surface area contributed by atoms with Crippen LogP contribution in [0, 0.1) is 18.3 Å². The molecule has 0 N–H and O–H groups in total. The number of hydrogen-bond donors (Lipinski definition) is 0. The summed E-state index contributed by atoms with van der Waals surface area (Å²) in [7, 11) is 4.27. The Balaban J connectivity index is 4.75. The molecule has 0 unspecified atom stereocenters. The minimum atomic E-state index is -0.481. The SMILES string of the molecule is C#C[C@H](OC)[C@@H](C)/C(=C\C(=O)OC)OC. The van der Waals surface area contributed by atoms with E-state index in [0.717, 1.165) is 0 Å². The van der Waals surface area contributed by atoms with Crippen LogP contribution in [-0.4, -0.2) is 33.4 Å². The van der Waals surface area contributed by atoms with Gasteiger partial charge in [0.1, 0.15) is 11.9 Å². The van der Waals surface area contributed by atoms with E-state index in [-0.39, 0.29) is 5.92 Å². The molecule has 0 aliphatic heterocycles. The van der Waals surface area contributed by atoms with Crippen molar-refractivity contribution in [2.24, 2.45) is 5.92 Å². The van der Waals surface area contributed by atoms with Crippen LogP contribution in [0.5, 0.6) is 0 Å². The van der Waals surface area contributed by atoms with Crippen molar-refractivity contribution in [2.75, 3.05) is 21.3 Å². The normalized spacial score (nSPS) is 15.0. The molecule has 0 aliphatic rings. The monoisotopic (exact) mass is 212 g/mol. The molecule has 2 atom stereocenters. The Morgan fingerprint density at radius 1 is 1.33 bits per heavy atom. The Morgan fingerprint density at radius 3 is 2.27 bits per heavy atom. The van der Waals surface area contributed by atoms with Gasteiger partial charge in [0.2, 0.25) is 0 Å². The molecule has 0 saturated carbocycles. The van der Waals surface area contributed by atoms with E-state index in [4.69, 9.17) is 15.9 Å². The number of methoxy groups -OCH3 is 3. The third kappa shape index (κ3) is 4.05. The van der Waals surface area contributed by atoms with Crippen molar-refractivity contribution in [1.82, 2.24) is 0 Å². The number of ether oxygens (including phenoxy) is 3. The molecule has 0 bridgehead atoms. The van der Waals surface area contributed by atoms with Crippen molar-refractivity contribution >= 4 is 5.97 Å². The summed E-state index contributed by atoms with van der Waals surface area (Å²) in [4.78, 5) is 11.0. The highest BCUT2D eigenvalue weighted by atomic mass is 16.5. The van der Waals surface area contributed by atoms with Gasteiger partial charge in [-0.3, -0.25) is 0 Å². The molecule has 0 aromatic rings. The number of hydrogen-bond acceptors (Lipinski definition) is 4. The van der Waals surface area contributed by atoms with Gasteiger partial charge in [-0.05, 0) is 0 Å². The number of rotatable bonds is 5. The van der Waals surface area contributed by atoms with Crippen molar-refractivity contribution < 1.29 is 19.0 Å². The zero-order chi connectivity index (χ0) is 11.8. The lowest BCUT2D eigenvalue weighted by atomic mass is 10.0. The van der Waals surface area contributed by atoms with E-state index in [1.54, 1.807) is 0 Å². The molecule has 0 spiro atoms. The topological polar surface area (TPSA) is 44.8 Å². The van der Waals surface area contributed by atoms with Gasteiger partial charge in [-0.15, -0.1) is 6.42 Å². The van der Waals surface area contributed by atoms with Crippen molar-refractivity contribution in [3.63, 3.8) is 0 Å². The van der Waals surface area contributed by atoms with E-state index in [1.807, 2.05) is 6.92 Å². The molecule has 0 saturated heterocycles. The van der Waals surface area contributed by atoms with Crippen LogP contribution in [0.4, 0.5) is 0 Å². The van der Waals surface area contributed by atoms with E-state index >= 15 is 0 Å². The van der Waals surface area contributed by atoms with Gasteiger partial charge < -0.3 is 14.2 Å². The van der Waals surface area contributed by atoms with Crippen molar-refractivity contribution in [2.45, 2.75) is 13.0 Å². The Morgan fingerprint density at radius 2 is 1.93 bits per heavy atom. The van der Waals surface area contributed by atoms with Crippen LogP contribution in [0.2, 0.25) is 0 Å². The maximum atomic E-state index is 11.0. The summed E-state index contributed by atoms with van der Waals surface area (Å²) in [5.74, 6) is 2.21. The lowest BCUT2D eigenvalue weighted by molar-refractivity contribution is -0.135. The second-order valence-electron chi connectivity index (χ2n) is 2.89. The fraction of sp³-hybridized carbons (Fsp3) is 0.545. The van der Waals surface area contributed by atoms with Gasteiger partial charge >= 0.3 is 5.97 Å². The van der Waals surface area contributed by atoms with Crippen LogP contribution < -0.4 is 0 Å². The Kier molecular flexibility index (Phi) is 6.23. The van der Waals surface area contributed by atoms with Crippen LogP contribution in [0.3, 0.4) is 0 Å². The molecule has 0 rings (SSSR count). The highest BCUT2D eigenvalue weighted by Gasteiger charge is 2.20.